The van der Waals surface area contributed by atoms with E-state index in [0.29, 0.717) is 40.4 Å². The number of pyridine rings is 1. The fourth-order valence-corrected chi connectivity index (χ4v) is 3.01. The number of thiazole rings is 1. The van der Waals surface area contributed by atoms with Crippen LogP contribution in [0.1, 0.15) is 28.0 Å². The topological polar surface area (TPSA) is 89.9 Å². The van der Waals surface area contributed by atoms with Crippen molar-refractivity contribution in [2.45, 2.75) is 20.4 Å². The number of nitrogens with one attached hydrogen (secondary N) is 1. The molecule has 0 aromatic carbocycles. The summed E-state index contributed by atoms with van der Waals surface area (Å²) in [5, 5.41) is 3.74. The Hall–Kier alpha value is -2.87. The van der Waals surface area contributed by atoms with Gasteiger partial charge in [-0.2, -0.15) is 0 Å². The number of nitrogens with zero attached hydrogens (tertiary/aromatic N) is 4. The van der Waals surface area contributed by atoms with Gasteiger partial charge in [0.05, 0.1) is 18.8 Å². The van der Waals surface area contributed by atoms with E-state index < -0.39 is 5.97 Å². The van der Waals surface area contributed by atoms with Crippen molar-refractivity contribution in [3.63, 3.8) is 0 Å². The zero-order valence-corrected chi connectivity index (χ0v) is 14.7. The lowest BCUT2D eigenvalue weighted by molar-refractivity contribution is 0.0532. The fourth-order valence-electron chi connectivity index (χ4n) is 2.15. The summed E-state index contributed by atoms with van der Waals surface area (Å²) in [5.74, 6) is 0.243. The Morgan fingerprint density at radius 2 is 2.04 bits per heavy atom. The summed E-state index contributed by atoms with van der Waals surface area (Å²) in [6, 6.07) is 5.54. The molecule has 0 spiro atoms. The Morgan fingerprint density at radius 3 is 2.76 bits per heavy atom. The van der Waals surface area contributed by atoms with Crippen LogP contribution in [-0.2, 0) is 11.3 Å². The van der Waals surface area contributed by atoms with Gasteiger partial charge in [0.25, 0.3) is 0 Å². The first kappa shape index (κ1) is 17.0. The van der Waals surface area contributed by atoms with Crippen molar-refractivity contribution in [1.29, 1.82) is 0 Å². The van der Waals surface area contributed by atoms with Crippen LogP contribution in [0.4, 0.5) is 5.13 Å². The number of carbonyl (C=O) groups is 1. The van der Waals surface area contributed by atoms with Crippen molar-refractivity contribution < 1.29 is 9.53 Å². The van der Waals surface area contributed by atoms with Gasteiger partial charge in [-0.1, -0.05) is 11.3 Å². The van der Waals surface area contributed by atoms with Crippen molar-refractivity contribution in [1.82, 2.24) is 19.9 Å². The number of aromatic nitrogens is 4. The molecule has 3 aromatic heterocycles. The Kier molecular flexibility index (Phi) is 5.30. The Balaban J connectivity index is 1.90. The monoisotopic (exact) mass is 355 g/mol. The molecule has 0 aliphatic rings. The van der Waals surface area contributed by atoms with Crippen LogP contribution in [0.3, 0.4) is 0 Å². The molecule has 0 aliphatic heterocycles. The van der Waals surface area contributed by atoms with Gasteiger partial charge in [-0.25, -0.2) is 19.7 Å². The fraction of sp³-hybridized carbons (Fsp3) is 0.235. The van der Waals surface area contributed by atoms with Gasteiger partial charge in [0, 0.05) is 18.6 Å². The minimum atomic E-state index is -0.401. The van der Waals surface area contributed by atoms with Gasteiger partial charge >= 0.3 is 5.97 Å². The molecular formula is C17H17N5O2S. The van der Waals surface area contributed by atoms with Gasteiger partial charge in [-0.3, -0.25) is 4.98 Å². The zero-order chi connectivity index (χ0) is 17.6. The highest BCUT2D eigenvalue weighted by molar-refractivity contribution is 7.17. The van der Waals surface area contributed by atoms with E-state index in [1.807, 2.05) is 19.1 Å². The first-order valence-electron chi connectivity index (χ1n) is 7.78. The highest BCUT2D eigenvalue weighted by Crippen LogP contribution is 2.31. The van der Waals surface area contributed by atoms with E-state index in [0.717, 1.165) is 5.56 Å². The molecule has 0 saturated carbocycles. The number of anilines is 1. The van der Waals surface area contributed by atoms with Gasteiger partial charge < -0.3 is 10.1 Å². The molecule has 1 N–H and O–H groups in total. The summed E-state index contributed by atoms with van der Waals surface area (Å²) in [5.41, 5.74) is 2.20. The molecule has 0 amide bonds. The van der Waals surface area contributed by atoms with Crippen molar-refractivity contribution in [2.75, 3.05) is 11.9 Å². The SMILES string of the molecule is CCOC(=O)c1sc(NCc2ncccn2)nc1-c1cc(C)ccn1. The quantitative estimate of drug-likeness (QED) is 0.680. The van der Waals surface area contributed by atoms with Crippen LogP contribution in [0.25, 0.3) is 11.4 Å². The molecule has 0 fully saturated rings. The van der Waals surface area contributed by atoms with Crippen molar-refractivity contribution in [2.24, 2.45) is 0 Å². The van der Waals surface area contributed by atoms with Crippen LogP contribution in [0, 0.1) is 6.92 Å². The summed E-state index contributed by atoms with van der Waals surface area (Å²) in [7, 11) is 0. The summed E-state index contributed by atoms with van der Waals surface area (Å²) < 4.78 is 5.15. The molecule has 0 atom stereocenters. The standard InChI is InChI=1S/C17H17N5O2S/c1-3-24-16(23)15-14(12-9-11(2)5-8-18-12)22-17(25-15)21-10-13-19-6-4-7-20-13/h4-9H,3,10H2,1-2H3,(H,21,22). The van der Waals surface area contributed by atoms with E-state index in [1.165, 1.54) is 11.3 Å². The highest BCUT2D eigenvalue weighted by Gasteiger charge is 2.21. The lowest BCUT2D eigenvalue weighted by Crippen LogP contribution is -2.04. The van der Waals surface area contributed by atoms with Crippen LogP contribution in [0.15, 0.2) is 36.8 Å². The maximum Gasteiger partial charge on any atom is 0.350 e. The second kappa shape index (κ2) is 7.80. The summed E-state index contributed by atoms with van der Waals surface area (Å²) in [6.45, 7) is 4.46. The Bertz CT molecular complexity index is 866. The molecule has 3 heterocycles. The van der Waals surface area contributed by atoms with Crippen LogP contribution < -0.4 is 5.32 Å². The molecule has 0 saturated heterocycles. The van der Waals surface area contributed by atoms with Gasteiger partial charge in [-0.15, -0.1) is 0 Å². The average molecular weight is 355 g/mol. The van der Waals surface area contributed by atoms with Crippen LogP contribution in [-0.4, -0.2) is 32.5 Å². The van der Waals surface area contributed by atoms with Gasteiger partial charge in [0.15, 0.2) is 5.13 Å². The number of aryl methyl sites for hydroxylation is 1. The smallest absolute Gasteiger partial charge is 0.350 e. The third-order valence-corrected chi connectivity index (χ3v) is 4.26. The summed E-state index contributed by atoms with van der Waals surface area (Å²) in [4.78, 5) is 29.9. The molecule has 3 aromatic rings. The number of ether oxygens (including phenoxy) is 1. The number of hydrogen-bond donors (Lipinski definition) is 1. The zero-order valence-electron chi connectivity index (χ0n) is 13.9. The summed E-state index contributed by atoms with van der Waals surface area (Å²) in [6.07, 6.45) is 5.06. The predicted octanol–water partition coefficient (Wildman–Crippen LogP) is 3.09. The number of rotatable bonds is 6. The lowest BCUT2D eigenvalue weighted by atomic mass is 10.2. The van der Waals surface area contributed by atoms with Crippen LogP contribution in [0.5, 0.6) is 0 Å². The minimum absolute atomic E-state index is 0.304. The van der Waals surface area contributed by atoms with Crippen LogP contribution in [0.2, 0.25) is 0 Å². The van der Waals surface area contributed by atoms with Gasteiger partial charge in [0.2, 0.25) is 0 Å². The first-order chi connectivity index (χ1) is 12.2. The van der Waals surface area contributed by atoms with E-state index in [1.54, 1.807) is 31.6 Å². The molecule has 25 heavy (non-hydrogen) atoms. The molecule has 7 nitrogen and oxygen atoms in total. The third kappa shape index (κ3) is 4.16. The van der Waals surface area contributed by atoms with E-state index >= 15 is 0 Å². The third-order valence-electron chi connectivity index (χ3n) is 3.26. The van der Waals surface area contributed by atoms with Crippen LogP contribution >= 0.6 is 11.3 Å². The molecule has 0 unspecified atom stereocenters. The molecule has 3 rings (SSSR count). The van der Waals surface area contributed by atoms with Crippen molar-refractivity contribution >= 4 is 22.4 Å². The molecule has 0 aliphatic carbocycles. The molecule has 8 heteroatoms. The number of carbonyl (C=O) groups excluding carboxylic acids is 1. The minimum Gasteiger partial charge on any atom is -0.462 e. The second-order valence-corrected chi connectivity index (χ2v) is 6.15. The Morgan fingerprint density at radius 1 is 1.24 bits per heavy atom. The maximum atomic E-state index is 12.3. The van der Waals surface area contributed by atoms with Gasteiger partial charge in [-0.05, 0) is 37.6 Å². The van der Waals surface area contributed by atoms with Gasteiger partial charge in [0.1, 0.15) is 16.4 Å². The summed E-state index contributed by atoms with van der Waals surface area (Å²) >= 11 is 1.24. The average Bonchev–Trinajstić information content (AvgIpc) is 3.06. The second-order valence-electron chi connectivity index (χ2n) is 5.15. The van der Waals surface area contributed by atoms with E-state index in [4.69, 9.17) is 4.74 Å². The molecule has 0 bridgehead atoms. The number of hydrogen-bond acceptors (Lipinski definition) is 8. The first-order valence-corrected chi connectivity index (χ1v) is 8.59. The van der Waals surface area contributed by atoms with E-state index in [2.05, 4.69) is 25.3 Å². The normalized spacial score (nSPS) is 10.5. The van der Waals surface area contributed by atoms with Crippen molar-refractivity contribution in [3.05, 3.63) is 53.1 Å². The molecule has 128 valence electrons. The lowest BCUT2D eigenvalue weighted by Gasteiger charge is -2.02. The van der Waals surface area contributed by atoms with Crippen molar-refractivity contribution in [3.8, 4) is 11.4 Å². The molecular weight excluding hydrogens is 338 g/mol. The van der Waals surface area contributed by atoms with E-state index in [-0.39, 0.29) is 0 Å². The molecule has 0 radical (unpaired) electrons. The van der Waals surface area contributed by atoms with E-state index in [9.17, 15) is 4.79 Å². The number of esters is 1. The highest BCUT2D eigenvalue weighted by atomic mass is 32.1. The Labute approximate surface area is 149 Å². The largest absolute Gasteiger partial charge is 0.462 e. The maximum absolute atomic E-state index is 12.3. The predicted molar refractivity (Wildman–Crippen MR) is 95.4 cm³/mol.